The Balaban J connectivity index is 1.93. The van der Waals surface area contributed by atoms with E-state index in [9.17, 15) is 4.79 Å². The average Bonchev–Trinajstić information content (AvgIpc) is 2.83. The summed E-state index contributed by atoms with van der Waals surface area (Å²) in [6, 6.07) is 7.24. The summed E-state index contributed by atoms with van der Waals surface area (Å²) in [6.45, 7) is 5.54. The minimum atomic E-state index is -0.142. The molecule has 2 aromatic rings. The number of aromatic nitrogens is 2. The molecule has 1 heterocycles. The normalized spacial score (nSPS) is 10.6. The molecule has 0 aliphatic heterocycles. The van der Waals surface area contributed by atoms with E-state index in [1.165, 1.54) is 0 Å². The van der Waals surface area contributed by atoms with Gasteiger partial charge in [0.2, 0.25) is 11.8 Å². The second-order valence-electron chi connectivity index (χ2n) is 4.66. The van der Waals surface area contributed by atoms with Crippen LogP contribution < -0.4 is 10.1 Å². The third-order valence-electron chi connectivity index (χ3n) is 2.45. The van der Waals surface area contributed by atoms with Gasteiger partial charge in [0, 0.05) is 18.5 Å². The third kappa shape index (κ3) is 3.81. The second-order valence-corrected chi connectivity index (χ2v) is 4.66. The van der Waals surface area contributed by atoms with Crippen LogP contribution >= 0.6 is 0 Å². The van der Waals surface area contributed by atoms with Crippen LogP contribution in [0.4, 0.5) is 0 Å². The smallest absolute Gasteiger partial charge is 0.258 e. The standard InChI is InChI=1S/C14H17N3O3/c1-9(2)15-13(18)8-19-12-6-4-11(5-7-12)14-17-16-10(3)20-14/h4-7,9H,8H2,1-3H3,(H,15,18). The van der Waals surface area contributed by atoms with Crippen LogP contribution in [0.25, 0.3) is 11.5 Å². The molecule has 0 fully saturated rings. The van der Waals surface area contributed by atoms with Crippen LogP contribution in [-0.2, 0) is 4.79 Å². The SMILES string of the molecule is Cc1nnc(-c2ccc(OCC(=O)NC(C)C)cc2)o1. The van der Waals surface area contributed by atoms with Crippen molar-refractivity contribution >= 4 is 5.91 Å². The number of ether oxygens (including phenoxy) is 1. The molecule has 0 saturated carbocycles. The van der Waals surface area contributed by atoms with Gasteiger partial charge in [-0.2, -0.15) is 0 Å². The Hall–Kier alpha value is -2.37. The maximum atomic E-state index is 11.4. The van der Waals surface area contributed by atoms with Gasteiger partial charge in [-0.1, -0.05) is 0 Å². The average molecular weight is 275 g/mol. The largest absolute Gasteiger partial charge is 0.484 e. The van der Waals surface area contributed by atoms with Gasteiger partial charge in [-0.25, -0.2) is 0 Å². The number of benzene rings is 1. The lowest BCUT2D eigenvalue weighted by Crippen LogP contribution is -2.34. The highest BCUT2D eigenvalue weighted by Gasteiger charge is 2.07. The minimum absolute atomic E-state index is 0.00279. The van der Waals surface area contributed by atoms with E-state index in [4.69, 9.17) is 9.15 Å². The molecule has 0 radical (unpaired) electrons. The zero-order chi connectivity index (χ0) is 14.5. The van der Waals surface area contributed by atoms with Crippen LogP contribution in [0.15, 0.2) is 28.7 Å². The van der Waals surface area contributed by atoms with E-state index >= 15 is 0 Å². The Labute approximate surface area is 117 Å². The van der Waals surface area contributed by atoms with E-state index < -0.39 is 0 Å². The Morgan fingerprint density at radius 3 is 2.55 bits per heavy atom. The van der Waals surface area contributed by atoms with Crippen molar-refractivity contribution in [2.24, 2.45) is 0 Å². The number of carbonyl (C=O) groups is 1. The molecule has 0 unspecified atom stereocenters. The van der Waals surface area contributed by atoms with Gasteiger partial charge in [-0.05, 0) is 38.1 Å². The van der Waals surface area contributed by atoms with Gasteiger partial charge >= 0.3 is 0 Å². The number of aryl methyl sites for hydroxylation is 1. The minimum Gasteiger partial charge on any atom is -0.484 e. The Morgan fingerprint density at radius 1 is 1.30 bits per heavy atom. The fraction of sp³-hybridized carbons (Fsp3) is 0.357. The van der Waals surface area contributed by atoms with E-state index in [0.29, 0.717) is 17.5 Å². The monoisotopic (exact) mass is 275 g/mol. The van der Waals surface area contributed by atoms with Crippen molar-refractivity contribution in [1.82, 2.24) is 15.5 Å². The summed E-state index contributed by atoms with van der Waals surface area (Å²) in [5.74, 6) is 1.46. The summed E-state index contributed by atoms with van der Waals surface area (Å²) < 4.78 is 10.7. The van der Waals surface area contributed by atoms with E-state index in [2.05, 4.69) is 15.5 Å². The van der Waals surface area contributed by atoms with Gasteiger partial charge in [0.15, 0.2) is 6.61 Å². The topological polar surface area (TPSA) is 77.2 Å². The van der Waals surface area contributed by atoms with E-state index in [0.717, 1.165) is 5.56 Å². The number of amides is 1. The Bertz CT molecular complexity index is 576. The number of rotatable bonds is 5. The van der Waals surface area contributed by atoms with Crippen molar-refractivity contribution < 1.29 is 13.9 Å². The fourth-order valence-corrected chi connectivity index (χ4v) is 1.62. The first kappa shape index (κ1) is 14.0. The number of nitrogens with one attached hydrogen (secondary N) is 1. The van der Waals surface area contributed by atoms with Crippen molar-refractivity contribution in [3.63, 3.8) is 0 Å². The highest BCUT2D eigenvalue weighted by atomic mass is 16.5. The zero-order valence-corrected chi connectivity index (χ0v) is 11.7. The number of carbonyl (C=O) groups excluding carboxylic acids is 1. The summed E-state index contributed by atoms with van der Waals surface area (Å²) in [5.41, 5.74) is 0.810. The van der Waals surface area contributed by atoms with Crippen molar-refractivity contribution in [2.75, 3.05) is 6.61 Å². The zero-order valence-electron chi connectivity index (χ0n) is 11.7. The molecule has 1 amide bonds. The van der Waals surface area contributed by atoms with E-state index in [1.807, 2.05) is 26.0 Å². The van der Waals surface area contributed by atoms with Crippen LogP contribution in [0.2, 0.25) is 0 Å². The molecule has 1 aromatic heterocycles. The van der Waals surface area contributed by atoms with E-state index in [1.54, 1.807) is 19.1 Å². The maximum Gasteiger partial charge on any atom is 0.258 e. The molecule has 20 heavy (non-hydrogen) atoms. The number of nitrogens with zero attached hydrogens (tertiary/aromatic N) is 2. The van der Waals surface area contributed by atoms with Crippen molar-refractivity contribution in [3.05, 3.63) is 30.2 Å². The molecule has 2 rings (SSSR count). The summed E-state index contributed by atoms with van der Waals surface area (Å²) in [5, 5.41) is 10.5. The second kappa shape index (κ2) is 6.18. The van der Waals surface area contributed by atoms with Gasteiger partial charge in [-0.3, -0.25) is 4.79 Å². The molecule has 0 atom stereocenters. The highest BCUT2D eigenvalue weighted by molar-refractivity contribution is 5.77. The molecule has 0 aliphatic carbocycles. The summed E-state index contributed by atoms with van der Waals surface area (Å²) in [4.78, 5) is 11.4. The lowest BCUT2D eigenvalue weighted by atomic mass is 10.2. The first-order valence-electron chi connectivity index (χ1n) is 6.37. The van der Waals surface area contributed by atoms with Crippen LogP contribution in [0.5, 0.6) is 5.75 Å². The quantitative estimate of drug-likeness (QED) is 0.902. The summed E-state index contributed by atoms with van der Waals surface area (Å²) >= 11 is 0. The molecular weight excluding hydrogens is 258 g/mol. The molecule has 0 spiro atoms. The molecule has 6 nitrogen and oxygen atoms in total. The van der Waals surface area contributed by atoms with Gasteiger partial charge in [0.1, 0.15) is 5.75 Å². The lowest BCUT2D eigenvalue weighted by Gasteiger charge is -2.09. The van der Waals surface area contributed by atoms with Crippen LogP contribution in [-0.4, -0.2) is 28.8 Å². The molecule has 0 saturated heterocycles. The van der Waals surface area contributed by atoms with Crippen LogP contribution in [0.3, 0.4) is 0 Å². The van der Waals surface area contributed by atoms with Gasteiger partial charge in [0.05, 0.1) is 0 Å². The summed E-state index contributed by atoms with van der Waals surface area (Å²) in [7, 11) is 0. The fourth-order valence-electron chi connectivity index (χ4n) is 1.62. The molecule has 1 aromatic carbocycles. The Morgan fingerprint density at radius 2 is 2.00 bits per heavy atom. The lowest BCUT2D eigenvalue weighted by molar-refractivity contribution is -0.123. The predicted molar refractivity (Wildman–Crippen MR) is 73.2 cm³/mol. The van der Waals surface area contributed by atoms with Gasteiger partial charge in [0.25, 0.3) is 5.91 Å². The molecule has 106 valence electrons. The predicted octanol–water partition coefficient (Wildman–Crippen LogP) is 1.95. The molecule has 6 heteroatoms. The first-order chi connectivity index (χ1) is 9.54. The van der Waals surface area contributed by atoms with Crippen molar-refractivity contribution in [2.45, 2.75) is 26.8 Å². The van der Waals surface area contributed by atoms with E-state index in [-0.39, 0.29) is 18.6 Å². The third-order valence-corrected chi connectivity index (χ3v) is 2.45. The van der Waals surface area contributed by atoms with Crippen LogP contribution in [0.1, 0.15) is 19.7 Å². The van der Waals surface area contributed by atoms with Crippen LogP contribution in [0, 0.1) is 6.92 Å². The number of hydrogen-bond acceptors (Lipinski definition) is 5. The van der Waals surface area contributed by atoms with Gasteiger partial charge in [-0.15, -0.1) is 10.2 Å². The maximum absolute atomic E-state index is 11.4. The first-order valence-corrected chi connectivity index (χ1v) is 6.37. The Kier molecular flexibility index (Phi) is 4.34. The molecular formula is C14H17N3O3. The van der Waals surface area contributed by atoms with Gasteiger partial charge < -0.3 is 14.5 Å². The summed E-state index contributed by atoms with van der Waals surface area (Å²) in [6.07, 6.45) is 0. The molecule has 0 aliphatic rings. The molecule has 0 bridgehead atoms. The number of hydrogen-bond donors (Lipinski definition) is 1. The highest BCUT2D eigenvalue weighted by Crippen LogP contribution is 2.21. The van der Waals surface area contributed by atoms with Crippen molar-refractivity contribution in [3.8, 4) is 17.2 Å². The van der Waals surface area contributed by atoms with Crippen molar-refractivity contribution in [1.29, 1.82) is 0 Å². The molecule has 1 N–H and O–H groups in total.